The Morgan fingerprint density at radius 1 is 1.14 bits per heavy atom. The van der Waals surface area contributed by atoms with Crippen molar-refractivity contribution in [2.45, 2.75) is 51.1 Å². The topological polar surface area (TPSA) is 81.3 Å². The van der Waals surface area contributed by atoms with E-state index in [9.17, 15) is 4.39 Å². The molecule has 0 aliphatic heterocycles. The van der Waals surface area contributed by atoms with Gasteiger partial charge in [0.05, 0.1) is 12.5 Å². The third kappa shape index (κ3) is 3.86. The van der Waals surface area contributed by atoms with Gasteiger partial charge in [0.2, 0.25) is 0 Å². The molecule has 3 aromatic heterocycles. The Balaban J connectivity index is 1.79. The molecule has 1 unspecified atom stereocenters. The normalized spacial score (nSPS) is 17.0. The number of hydrogen-bond acceptors (Lipinski definition) is 3. The van der Waals surface area contributed by atoms with Crippen LogP contribution in [0, 0.1) is 22.6 Å². The van der Waals surface area contributed by atoms with E-state index in [1.165, 1.54) is 23.3 Å². The second kappa shape index (κ2) is 8.27. The summed E-state index contributed by atoms with van der Waals surface area (Å²) in [5.74, 6) is -0.528. The van der Waals surface area contributed by atoms with Gasteiger partial charge in [-0.2, -0.15) is 0 Å². The fourth-order valence-electron chi connectivity index (χ4n) is 4.35. The van der Waals surface area contributed by atoms with E-state index in [1.54, 1.807) is 12.3 Å². The van der Waals surface area contributed by atoms with E-state index in [1.807, 2.05) is 0 Å². The molecule has 1 aliphatic carbocycles. The molecule has 0 bridgehead atoms. The van der Waals surface area contributed by atoms with E-state index in [0.717, 1.165) is 51.1 Å². The van der Waals surface area contributed by atoms with Gasteiger partial charge in [0, 0.05) is 34.5 Å². The molecular formula is C22H25F2N5. The van der Waals surface area contributed by atoms with Crippen molar-refractivity contribution in [2.75, 3.05) is 0 Å². The van der Waals surface area contributed by atoms with Crippen molar-refractivity contribution in [1.82, 2.24) is 14.5 Å². The second-order valence-corrected chi connectivity index (χ2v) is 7.83. The summed E-state index contributed by atoms with van der Waals surface area (Å²) in [5, 5.41) is 16.7. The number of H-pyrrole nitrogens is 1. The maximum atomic E-state index is 15.6. The zero-order valence-corrected chi connectivity index (χ0v) is 16.2. The van der Waals surface area contributed by atoms with Crippen LogP contribution in [0.4, 0.5) is 8.78 Å². The van der Waals surface area contributed by atoms with E-state index in [0.29, 0.717) is 27.7 Å². The lowest BCUT2D eigenvalue weighted by atomic mass is 9.85. The van der Waals surface area contributed by atoms with Crippen LogP contribution in [0.15, 0.2) is 30.7 Å². The number of fused-ring (bicyclic) bond motifs is 1. The highest BCUT2D eigenvalue weighted by atomic mass is 19.1. The van der Waals surface area contributed by atoms with Gasteiger partial charge in [-0.3, -0.25) is 15.4 Å². The number of aromatic nitrogens is 3. The molecule has 1 aliphatic rings. The Morgan fingerprint density at radius 2 is 1.86 bits per heavy atom. The Bertz CT molecular complexity index is 1080. The largest absolute Gasteiger partial charge is 0.346 e. The predicted octanol–water partition coefficient (Wildman–Crippen LogP) is 5.48. The zero-order valence-electron chi connectivity index (χ0n) is 16.2. The SMILES string of the molecule is N=Cn1cc(C(F)C2CCCCCCC2)cc(-c2c[nH]c3ncc(F)cc23)c1=N. The van der Waals surface area contributed by atoms with E-state index in [2.05, 4.69) is 9.97 Å². The third-order valence-electron chi connectivity index (χ3n) is 5.92. The molecule has 1 atom stereocenters. The highest BCUT2D eigenvalue weighted by molar-refractivity contribution is 5.93. The summed E-state index contributed by atoms with van der Waals surface area (Å²) in [6, 6.07) is 3.04. The van der Waals surface area contributed by atoms with Gasteiger partial charge in [-0.15, -0.1) is 0 Å². The molecule has 0 spiro atoms. The highest BCUT2D eigenvalue weighted by Gasteiger charge is 2.25. The molecule has 7 heteroatoms. The lowest BCUT2D eigenvalue weighted by molar-refractivity contribution is 0.194. The van der Waals surface area contributed by atoms with Crippen LogP contribution in [0.5, 0.6) is 0 Å². The molecule has 0 aromatic carbocycles. The zero-order chi connectivity index (χ0) is 20.4. The van der Waals surface area contributed by atoms with Crippen LogP contribution in [0.3, 0.4) is 0 Å². The molecule has 29 heavy (non-hydrogen) atoms. The molecule has 152 valence electrons. The number of hydrogen-bond donors (Lipinski definition) is 3. The number of nitrogens with zero attached hydrogens (tertiary/aromatic N) is 2. The summed E-state index contributed by atoms with van der Waals surface area (Å²) < 4.78 is 30.6. The van der Waals surface area contributed by atoms with Crippen molar-refractivity contribution in [3.63, 3.8) is 0 Å². The van der Waals surface area contributed by atoms with Gasteiger partial charge in [-0.25, -0.2) is 13.8 Å². The van der Waals surface area contributed by atoms with Crippen LogP contribution in [0.1, 0.15) is 56.7 Å². The molecule has 0 amide bonds. The first kappa shape index (κ1) is 19.5. The van der Waals surface area contributed by atoms with Crippen LogP contribution in [0.25, 0.3) is 22.2 Å². The average Bonchev–Trinajstić information content (AvgIpc) is 3.10. The van der Waals surface area contributed by atoms with Crippen molar-refractivity contribution in [2.24, 2.45) is 5.92 Å². The molecule has 4 rings (SSSR count). The van der Waals surface area contributed by atoms with Gasteiger partial charge in [0.1, 0.15) is 23.1 Å². The maximum absolute atomic E-state index is 15.6. The fourth-order valence-corrected chi connectivity index (χ4v) is 4.35. The molecule has 1 saturated carbocycles. The summed E-state index contributed by atoms with van der Waals surface area (Å²) in [6.07, 6.45) is 11.5. The Hall–Kier alpha value is -2.83. The monoisotopic (exact) mass is 397 g/mol. The fraction of sp³-hybridized carbons (Fsp3) is 0.409. The first-order valence-electron chi connectivity index (χ1n) is 10.2. The molecule has 3 heterocycles. The van der Waals surface area contributed by atoms with Crippen LogP contribution in [0.2, 0.25) is 0 Å². The van der Waals surface area contributed by atoms with Crippen molar-refractivity contribution in [3.05, 3.63) is 47.6 Å². The smallest absolute Gasteiger partial charge is 0.142 e. The van der Waals surface area contributed by atoms with Crippen LogP contribution in [-0.4, -0.2) is 20.9 Å². The lowest BCUT2D eigenvalue weighted by Gasteiger charge is -2.24. The van der Waals surface area contributed by atoms with Crippen molar-refractivity contribution < 1.29 is 8.78 Å². The van der Waals surface area contributed by atoms with Crippen LogP contribution in [-0.2, 0) is 0 Å². The minimum atomic E-state index is -1.15. The van der Waals surface area contributed by atoms with Gasteiger partial charge in [-0.1, -0.05) is 32.1 Å². The summed E-state index contributed by atoms with van der Waals surface area (Å²) >= 11 is 0. The molecule has 1 fully saturated rings. The summed E-state index contributed by atoms with van der Waals surface area (Å²) in [5.41, 5.74) is 2.06. The summed E-state index contributed by atoms with van der Waals surface area (Å²) in [7, 11) is 0. The number of alkyl halides is 1. The summed E-state index contributed by atoms with van der Waals surface area (Å²) in [6.45, 7) is 0. The third-order valence-corrected chi connectivity index (χ3v) is 5.92. The second-order valence-electron chi connectivity index (χ2n) is 7.83. The minimum absolute atomic E-state index is 0.0544. The molecular weight excluding hydrogens is 372 g/mol. The first-order chi connectivity index (χ1) is 14.1. The van der Waals surface area contributed by atoms with Crippen molar-refractivity contribution in [3.8, 4) is 11.1 Å². The van der Waals surface area contributed by atoms with Gasteiger partial charge in [0.25, 0.3) is 0 Å². The van der Waals surface area contributed by atoms with Crippen molar-refractivity contribution in [1.29, 1.82) is 10.8 Å². The minimum Gasteiger partial charge on any atom is -0.346 e. The van der Waals surface area contributed by atoms with Gasteiger partial charge >= 0.3 is 0 Å². The molecule has 3 aromatic rings. The number of halogens is 2. The molecule has 0 radical (unpaired) electrons. The van der Waals surface area contributed by atoms with E-state index in [4.69, 9.17) is 10.8 Å². The van der Waals surface area contributed by atoms with Gasteiger partial charge < -0.3 is 4.98 Å². The summed E-state index contributed by atoms with van der Waals surface area (Å²) in [4.78, 5) is 7.02. The number of nitrogens with one attached hydrogen (secondary N) is 3. The first-order valence-corrected chi connectivity index (χ1v) is 10.2. The Kier molecular flexibility index (Phi) is 5.56. The van der Waals surface area contributed by atoms with Crippen LogP contribution >= 0.6 is 0 Å². The van der Waals surface area contributed by atoms with E-state index < -0.39 is 12.0 Å². The standard InChI is InChI=1S/C22H25F2N5/c23-16-9-18-19(11-28-22(18)27-10-16)17-8-15(12-29(13-25)21(17)26)20(24)14-6-4-2-1-3-5-7-14/h8-14,20,25-26H,1-7H2,(H,27,28). The Morgan fingerprint density at radius 3 is 2.59 bits per heavy atom. The highest BCUT2D eigenvalue weighted by Crippen LogP contribution is 2.37. The van der Waals surface area contributed by atoms with E-state index >= 15 is 4.39 Å². The molecule has 0 saturated heterocycles. The number of pyridine rings is 2. The molecule has 5 nitrogen and oxygen atoms in total. The molecule has 3 N–H and O–H groups in total. The lowest BCUT2D eigenvalue weighted by Crippen LogP contribution is -2.23. The quantitative estimate of drug-likeness (QED) is 0.396. The number of aromatic amines is 1. The van der Waals surface area contributed by atoms with E-state index in [-0.39, 0.29) is 11.4 Å². The Labute approximate surface area is 167 Å². The van der Waals surface area contributed by atoms with Crippen molar-refractivity contribution >= 4 is 17.4 Å². The van der Waals surface area contributed by atoms with Crippen LogP contribution < -0.4 is 5.49 Å². The number of rotatable bonds is 4. The van der Waals surface area contributed by atoms with Gasteiger partial charge in [0.15, 0.2) is 0 Å². The average molecular weight is 397 g/mol. The van der Waals surface area contributed by atoms with Gasteiger partial charge in [-0.05, 0) is 30.9 Å². The maximum Gasteiger partial charge on any atom is 0.142 e. The predicted molar refractivity (Wildman–Crippen MR) is 109 cm³/mol.